The van der Waals surface area contributed by atoms with Gasteiger partial charge in [-0.1, -0.05) is 72.4 Å². The zero-order valence-corrected chi connectivity index (χ0v) is 15.3. The minimum absolute atomic E-state index is 0.105. The Morgan fingerprint density at radius 1 is 0.889 bits per heavy atom. The number of benzene rings is 2. The Kier molecular flexibility index (Phi) is 6.59. The molecule has 3 rings (SSSR count). The molecule has 0 saturated heterocycles. The van der Waals surface area contributed by atoms with Crippen LogP contribution in [0.1, 0.15) is 17.0 Å². The fraction of sp³-hybridized carbons (Fsp3) is 0.158. The molecule has 0 saturated carbocycles. The number of aromatic amines is 1. The highest BCUT2D eigenvalue weighted by Crippen LogP contribution is 2.13. The molecule has 0 unspecified atom stereocenters. The van der Waals surface area contributed by atoms with Gasteiger partial charge in [0.05, 0.1) is 12.2 Å². The molecule has 3 aromatic rings. The summed E-state index contributed by atoms with van der Waals surface area (Å²) >= 11 is 1.20. The summed E-state index contributed by atoms with van der Waals surface area (Å²) in [5.41, 5.74) is 6.81. The largest absolute Gasteiger partial charge is 0.273 e. The van der Waals surface area contributed by atoms with Gasteiger partial charge in [-0.05, 0) is 11.1 Å². The molecule has 3 N–H and O–H groups in total. The zero-order valence-electron chi connectivity index (χ0n) is 14.5. The number of carbonyl (C=O) groups excluding carboxylic acids is 2. The van der Waals surface area contributed by atoms with Crippen molar-refractivity contribution in [2.24, 2.45) is 0 Å². The molecular formula is C19H19N5O2S. The van der Waals surface area contributed by atoms with Crippen molar-refractivity contribution in [2.45, 2.75) is 18.0 Å². The van der Waals surface area contributed by atoms with Gasteiger partial charge in [-0.2, -0.15) is 0 Å². The van der Waals surface area contributed by atoms with Crippen molar-refractivity contribution in [1.29, 1.82) is 0 Å². The van der Waals surface area contributed by atoms with Crippen LogP contribution in [0.3, 0.4) is 0 Å². The number of thioether (sulfide) groups is 1. The van der Waals surface area contributed by atoms with Crippen LogP contribution in [0.2, 0.25) is 0 Å². The van der Waals surface area contributed by atoms with E-state index in [-0.39, 0.29) is 24.0 Å². The smallest absolute Gasteiger partial charge is 0.248 e. The number of H-pyrrole nitrogens is 1. The first-order chi connectivity index (χ1) is 13.2. The van der Waals surface area contributed by atoms with Crippen LogP contribution in [-0.4, -0.2) is 32.7 Å². The Hall–Kier alpha value is -3.13. The van der Waals surface area contributed by atoms with Gasteiger partial charge in [-0.15, -0.1) is 5.10 Å². The normalized spacial score (nSPS) is 10.4. The first-order valence-electron chi connectivity index (χ1n) is 8.38. The van der Waals surface area contributed by atoms with E-state index in [1.807, 2.05) is 60.7 Å². The predicted molar refractivity (Wildman–Crippen MR) is 103 cm³/mol. The summed E-state index contributed by atoms with van der Waals surface area (Å²) in [7, 11) is 0. The second-order valence-corrected chi connectivity index (χ2v) is 6.72. The maximum atomic E-state index is 11.9. The van der Waals surface area contributed by atoms with Crippen LogP contribution in [-0.2, 0) is 22.4 Å². The fourth-order valence-corrected chi connectivity index (χ4v) is 2.96. The molecule has 0 aliphatic carbocycles. The number of rotatable bonds is 7. The zero-order chi connectivity index (χ0) is 18.9. The van der Waals surface area contributed by atoms with Gasteiger partial charge in [-0.3, -0.25) is 25.5 Å². The predicted octanol–water partition coefficient (Wildman–Crippen LogP) is 1.88. The molecule has 1 aromatic heterocycles. The first-order valence-corrected chi connectivity index (χ1v) is 9.37. The molecule has 27 heavy (non-hydrogen) atoms. The summed E-state index contributed by atoms with van der Waals surface area (Å²) < 4.78 is 0. The lowest BCUT2D eigenvalue weighted by molar-refractivity contribution is -0.127. The maximum absolute atomic E-state index is 11.9. The molecular weight excluding hydrogens is 362 g/mol. The molecule has 138 valence electrons. The van der Waals surface area contributed by atoms with Gasteiger partial charge in [0.15, 0.2) is 0 Å². The van der Waals surface area contributed by atoms with E-state index in [9.17, 15) is 9.59 Å². The molecule has 8 heteroatoms. The van der Waals surface area contributed by atoms with Crippen molar-refractivity contribution in [3.05, 3.63) is 77.6 Å². The van der Waals surface area contributed by atoms with Crippen LogP contribution < -0.4 is 10.9 Å². The van der Waals surface area contributed by atoms with E-state index in [0.717, 1.165) is 17.0 Å². The van der Waals surface area contributed by atoms with Crippen LogP contribution in [0, 0.1) is 0 Å². The van der Waals surface area contributed by atoms with E-state index in [0.29, 0.717) is 11.6 Å². The quantitative estimate of drug-likeness (QED) is 0.429. The highest BCUT2D eigenvalue weighted by molar-refractivity contribution is 7.99. The van der Waals surface area contributed by atoms with Crippen LogP contribution in [0.15, 0.2) is 65.8 Å². The van der Waals surface area contributed by atoms with Gasteiger partial charge in [0.2, 0.25) is 17.0 Å². The lowest BCUT2D eigenvalue weighted by Crippen LogP contribution is -2.43. The van der Waals surface area contributed by atoms with Crippen molar-refractivity contribution in [3.63, 3.8) is 0 Å². The number of hydrazine groups is 1. The molecule has 0 spiro atoms. The third-order valence-electron chi connectivity index (χ3n) is 3.61. The molecule has 2 aromatic carbocycles. The van der Waals surface area contributed by atoms with Crippen LogP contribution in [0.4, 0.5) is 0 Å². The SMILES string of the molecule is O=C(CSc1n[nH]c(Cc2ccccc2)n1)NNC(=O)Cc1ccccc1. The summed E-state index contributed by atoms with van der Waals surface area (Å²) in [5, 5.41) is 7.46. The first kappa shape index (κ1) is 18.7. The average molecular weight is 381 g/mol. The van der Waals surface area contributed by atoms with Crippen LogP contribution in [0.25, 0.3) is 0 Å². The van der Waals surface area contributed by atoms with E-state index in [4.69, 9.17) is 0 Å². The lowest BCUT2D eigenvalue weighted by Gasteiger charge is -2.06. The van der Waals surface area contributed by atoms with E-state index >= 15 is 0 Å². The number of nitrogens with one attached hydrogen (secondary N) is 3. The number of aromatic nitrogens is 3. The Bertz CT molecular complexity index is 883. The second kappa shape index (κ2) is 9.54. The van der Waals surface area contributed by atoms with Gasteiger partial charge in [0.1, 0.15) is 5.82 Å². The topological polar surface area (TPSA) is 99.8 Å². The van der Waals surface area contributed by atoms with E-state index < -0.39 is 0 Å². The number of hydrogen-bond donors (Lipinski definition) is 3. The molecule has 7 nitrogen and oxygen atoms in total. The summed E-state index contributed by atoms with van der Waals surface area (Å²) in [4.78, 5) is 28.0. The van der Waals surface area contributed by atoms with E-state index in [1.165, 1.54) is 11.8 Å². The van der Waals surface area contributed by atoms with Gasteiger partial charge < -0.3 is 0 Å². The third-order valence-corrected chi connectivity index (χ3v) is 4.45. The minimum Gasteiger partial charge on any atom is -0.273 e. The molecule has 1 heterocycles. The van der Waals surface area contributed by atoms with E-state index in [2.05, 4.69) is 26.0 Å². The standard InChI is InChI=1S/C19H19N5O2S/c25-17(12-15-9-5-2-6-10-15)22-23-18(26)13-27-19-20-16(21-24-19)11-14-7-3-1-4-8-14/h1-10H,11-13H2,(H,22,25)(H,23,26)(H,20,21,24). The monoisotopic (exact) mass is 381 g/mol. The average Bonchev–Trinajstić information content (AvgIpc) is 3.14. The molecule has 0 bridgehead atoms. The highest BCUT2D eigenvalue weighted by atomic mass is 32.2. The lowest BCUT2D eigenvalue weighted by atomic mass is 10.1. The summed E-state index contributed by atoms with van der Waals surface area (Å²) in [5.74, 6) is 0.243. The Labute approximate surface area is 161 Å². The van der Waals surface area contributed by atoms with Crippen molar-refractivity contribution in [3.8, 4) is 0 Å². The highest BCUT2D eigenvalue weighted by Gasteiger charge is 2.09. The van der Waals surface area contributed by atoms with E-state index in [1.54, 1.807) is 0 Å². The maximum Gasteiger partial charge on any atom is 0.248 e. The summed E-state index contributed by atoms with van der Waals surface area (Å²) in [6.45, 7) is 0. The van der Waals surface area contributed by atoms with Gasteiger partial charge in [0.25, 0.3) is 0 Å². The summed E-state index contributed by atoms with van der Waals surface area (Å²) in [6, 6.07) is 19.2. The number of carbonyl (C=O) groups is 2. The number of nitrogens with zero attached hydrogens (tertiary/aromatic N) is 2. The van der Waals surface area contributed by atoms with Gasteiger partial charge in [0, 0.05) is 6.42 Å². The fourth-order valence-electron chi connectivity index (χ4n) is 2.34. The Morgan fingerprint density at radius 2 is 1.52 bits per heavy atom. The molecule has 2 amide bonds. The Balaban J connectivity index is 1.38. The van der Waals surface area contributed by atoms with Crippen LogP contribution in [0.5, 0.6) is 0 Å². The van der Waals surface area contributed by atoms with Crippen LogP contribution >= 0.6 is 11.8 Å². The van der Waals surface area contributed by atoms with Crippen molar-refractivity contribution < 1.29 is 9.59 Å². The Morgan fingerprint density at radius 3 is 2.22 bits per heavy atom. The van der Waals surface area contributed by atoms with Gasteiger partial charge >= 0.3 is 0 Å². The summed E-state index contributed by atoms with van der Waals surface area (Å²) in [6.07, 6.45) is 0.855. The third kappa shape index (κ3) is 6.27. The van der Waals surface area contributed by atoms with Gasteiger partial charge in [-0.25, -0.2) is 4.98 Å². The second-order valence-electron chi connectivity index (χ2n) is 5.77. The molecule has 0 atom stereocenters. The minimum atomic E-state index is -0.323. The number of amides is 2. The van der Waals surface area contributed by atoms with Crippen molar-refractivity contribution in [2.75, 3.05) is 5.75 Å². The van der Waals surface area contributed by atoms with Crippen molar-refractivity contribution >= 4 is 23.6 Å². The molecule has 0 radical (unpaired) electrons. The molecule has 0 aliphatic rings. The van der Waals surface area contributed by atoms with Crippen molar-refractivity contribution in [1.82, 2.24) is 26.0 Å². The number of hydrogen-bond acceptors (Lipinski definition) is 5. The molecule has 0 fully saturated rings. The molecule has 0 aliphatic heterocycles.